The third kappa shape index (κ3) is 6.24. The van der Waals surface area contributed by atoms with Crippen molar-refractivity contribution in [2.24, 2.45) is 4.99 Å². The summed E-state index contributed by atoms with van der Waals surface area (Å²) in [4.78, 5) is 16.0. The van der Waals surface area contributed by atoms with E-state index in [9.17, 15) is 4.79 Å². The van der Waals surface area contributed by atoms with Crippen LogP contribution in [0.1, 0.15) is 34.8 Å². The highest BCUT2D eigenvalue weighted by Gasteiger charge is 2.07. The molecule has 0 saturated heterocycles. The minimum Gasteiger partial charge on any atom is -0.355 e. The Hall–Kier alpha value is -2.82. The van der Waals surface area contributed by atoms with Crippen molar-refractivity contribution in [3.8, 4) is 0 Å². The van der Waals surface area contributed by atoms with Crippen molar-refractivity contribution < 1.29 is 4.79 Å². The van der Waals surface area contributed by atoms with E-state index >= 15 is 0 Å². The Morgan fingerprint density at radius 2 is 1.81 bits per heavy atom. The van der Waals surface area contributed by atoms with Crippen molar-refractivity contribution in [1.29, 1.82) is 0 Å². The fraction of sp³-hybridized carbons (Fsp3) is 0.333. The van der Waals surface area contributed by atoms with Gasteiger partial charge in [-0.2, -0.15) is 0 Å². The summed E-state index contributed by atoms with van der Waals surface area (Å²) in [6, 6.07) is 18.4. The molecule has 2 rings (SSSR count). The molecule has 0 aliphatic rings. The van der Waals surface area contributed by atoms with E-state index in [4.69, 9.17) is 0 Å². The highest BCUT2D eigenvalue weighted by Crippen LogP contribution is 2.06. The lowest BCUT2D eigenvalue weighted by Crippen LogP contribution is -2.42. The highest BCUT2D eigenvalue weighted by atomic mass is 16.1. The van der Waals surface area contributed by atoms with Gasteiger partial charge in [0.05, 0.1) is 0 Å². The summed E-state index contributed by atoms with van der Waals surface area (Å²) in [6.45, 7) is 2.76. The maximum atomic E-state index is 11.7. The van der Waals surface area contributed by atoms with Crippen LogP contribution in [-0.2, 0) is 13.0 Å². The number of hydrogen-bond donors (Lipinski definition) is 3. The minimum absolute atomic E-state index is 0.0797. The normalized spacial score (nSPS) is 12.3. The van der Waals surface area contributed by atoms with Gasteiger partial charge in [0, 0.05) is 32.2 Å². The lowest BCUT2D eigenvalue weighted by molar-refractivity contribution is 0.0963. The molecule has 1 unspecified atom stereocenters. The van der Waals surface area contributed by atoms with Gasteiger partial charge in [0.1, 0.15) is 0 Å². The lowest BCUT2D eigenvalue weighted by Gasteiger charge is -2.18. The SMILES string of the molecule is CN=C(NCc1cccc(C(=O)NC)c1)NC(C)CCc1ccccc1. The summed E-state index contributed by atoms with van der Waals surface area (Å²) in [7, 11) is 3.40. The number of guanidine groups is 1. The number of carbonyl (C=O) groups excluding carboxylic acids is 1. The van der Waals surface area contributed by atoms with Crippen LogP contribution in [0, 0.1) is 0 Å². The Balaban J connectivity index is 1.83. The zero-order valence-electron chi connectivity index (χ0n) is 15.8. The van der Waals surface area contributed by atoms with Gasteiger partial charge in [0.2, 0.25) is 0 Å². The summed E-state index contributed by atoms with van der Waals surface area (Å²) in [5.74, 6) is 0.680. The van der Waals surface area contributed by atoms with Crippen LogP contribution >= 0.6 is 0 Å². The molecule has 3 N–H and O–H groups in total. The third-order valence-corrected chi connectivity index (χ3v) is 4.19. The van der Waals surface area contributed by atoms with Gasteiger partial charge in [-0.05, 0) is 43.0 Å². The molecule has 0 radical (unpaired) electrons. The Kier molecular flexibility index (Phi) is 7.68. The van der Waals surface area contributed by atoms with Crippen LogP contribution in [0.3, 0.4) is 0 Å². The van der Waals surface area contributed by atoms with E-state index in [1.807, 2.05) is 24.3 Å². The molecule has 1 amide bonds. The smallest absolute Gasteiger partial charge is 0.251 e. The van der Waals surface area contributed by atoms with Crippen LogP contribution in [0.2, 0.25) is 0 Å². The monoisotopic (exact) mass is 352 g/mol. The fourth-order valence-electron chi connectivity index (χ4n) is 2.68. The van der Waals surface area contributed by atoms with Crippen LogP contribution in [-0.4, -0.2) is 32.0 Å². The average molecular weight is 352 g/mol. The highest BCUT2D eigenvalue weighted by molar-refractivity contribution is 5.94. The molecule has 0 bridgehead atoms. The summed E-state index contributed by atoms with van der Waals surface area (Å²) in [6.07, 6.45) is 2.05. The Labute approximate surface area is 155 Å². The fourth-order valence-corrected chi connectivity index (χ4v) is 2.68. The molecule has 0 aromatic heterocycles. The van der Waals surface area contributed by atoms with Crippen molar-refractivity contribution in [3.63, 3.8) is 0 Å². The predicted molar refractivity (Wildman–Crippen MR) is 107 cm³/mol. The lowest BCUT2D eigenvalue weighted by atomic mass is 10.1. The third-order valence-electron chi connectivity index (χ3n) is 4.19. The molecule has 2 aromatic rings. The molecular weight excluding hydrogens is 324 g/mol. The Bertz CT molecular complexity index is 728. The number of rotatable bonds is 7. The molecular formula is C21H28N4O. The summed E-state index contributed by atoms with van der Waals surface area (Å²) < 4.78 is 0. The summed E-state index contributed by atoms with van der Waals surface area (Å²) in [5, 5.41) is 9.36. The maximum Gasteiger partial charge on any atom is 0.251 e. The van der Waals surface area contributed by atoms with Gasteiger partial charge < -0.3 is 16.0 Å². The van der Waals surface area contributed by atoms with Crippen LogP contribution in [0.15, 0.2) is 59.6 Å². The van der Waals surface area contributed by atoms with Crippen LogP contribution in [0.4, 0.5) is 0 Å². The van der Waals surface area contributed by atoms with Crippen LogP contribution in [0.25, 0.3) is 0 Å². The van der Waals surface area contributed by atoms with E-state index in [0.29, 0.717) is 18.2 Å². The molecule has 0 fully saturated rings. The zero-order chi connectivity index (χ0) is 18.8. The molecule has 0 saturated carbocycles. The van der Waals surface area contributed by atoms with Gasteiger partial charge >= 0.3 is 0 Å². The maximum absolute atomic E-state index is 11.7. The first-order valence-electron chi connectivity index (χ1n) is 8.94. The molecule has 5 heteroatoms. The van der Waals surface area contributed by atoms with E-state index in [-0.39, 0.29) is 5.91 Å². The van der Waals surface area contributed by atoms with Crippen molar-refractivity contribution in [3.05, 3.63) is 71.3 Å². The molecule has 0 aliphatic heterocycles. The predicted octanol–water partition coefficient (Wildman–Crippen LogP) is 2.73. The first-order chi connectivity index (χ1) is 12.6. The zero-order valence-corrected chi connectivity index (χ0v) is 15.8. The van der Waals surface area contributed by atoms with Gasteiger partial charge in [0.15, 0.2) is 5.96 Å². The molecule has 0 spiro atoms. The van der Waals surface area contributed by atoms with Crippen molar-refractivity contribution >= 4 is 11.9 Å². The standard InChI is InChI=1S/C21H28N4O/c1-16(12-13-17-8-5-4-6-9-17)25-21(23-3)24-15-18-10-7-11-19(14-18)20(26)22-2/h4-11,14,16H,12-13,15H2,1-3H3,(H,22,26)(H2,23,24,25). The minimum atomic E-state index is -0.0797. The number of benzene rings is 2. The largest absolute Gasteiger partial charge is 0.355 e. The first kappa shape index (κ1) is 19.5. The molecule has 26 heavy (non-hydrogen) atoms. The number of amides is 1. The number of nitrogens with one attached hydrogen (secondary N) is 3. The molecule has 0 heterocycles. The molecule has 138 valence electrons. The number of hydrogen-bond acceptors (Lipinski definition) is 2. The van der Waals surface area contributed by atoms with Gasteiger partial charge in [0.25, 0.3) is 5.91 Å². The number of carbonyl (C=O) groups is 1. The van der Waals surface area contributed by atoms with E-state index in [2.05, 4.69) is 52.1 Å². The van der Waals surface area contributed by atoms with Gasteiger partial charge in [-0.15, -0.1) is 0 Å². The number of aryl methyl sites for hydroxylation is 1. The molecule has 2 aromatic carbocycles. The topological polar surface area (TPSA) is 65.5 Å². The summed E-state index contributed by atoms with van der Waals surface area (Å²) in [5.41, 5.74) is 3.03. The van der Waals surface area contributed by atoms with E-state index in [1.54, 1.807) is 20.2 Å². The second-order valence-corrected chi connectivity index (χ2v) is 6.27. The molecule has 0 aliphatic carbocycles. The second-order valence-electron chi connectivity index (χ2n) is 6.27. The van der Waals surface area contributed by atoms with Gasteiger partial charge in [-0.3, -0.25) is 9.79 Å². The first-order valence-corrected chi connectivity index (χ1v) is 8.94. The van der Waals surface area contributed by atoms with Gasteiger partial charge in [-0.25, -0.2) is 0 Å². The average Bonchev–Trinajstić information content (AvgIpc) is 2.69. The quantitative estimate of drug-likeness (QED) is 0.530. The van der Waals surface area contributed by atoms with Crippen molar-refractivity contribution in [2.45, 2.75) is 32.4 Å². The number of nitrogens with zero attached hydrogens (tertiary/aromatic N) is 1. The van der Waals surface area contributed by atoms with E-state index in [0.717, 1.165) is 24.4 Å². The number of aliphatic imine (C=N–C) groups is 1. The van der Waals surface area contributed by atoms with Crippen LogP contribution in [0.5, 0.6) is 0 Å². The van der Waals surface area contributed by atoms with Gasteiger partial charge in [-0.1, -0.05) is 42.5 Å². The van der Waals surface area contributed by atoms with Crippen molar-refractivity contribution in [1.82, 2.24) is 16.0 Å². The van der Waals surface area contributed by atoms with E-state index in [1.165, 1.54) is 5.56 Å². The Morgan fingerprint density at radius 1 is 1.08 bits per heavy atom. The molecule has 5 nitrogen and oxygen atoms in total. The summed E-state index contributed by atoms with van der Waals surface area (Å²) >= 11 is 0. The second kappa shape index (κ2) is 10.2. The van der Waals surface area contributed by atoms with Crippen LogP contribution < -0.4 is 16.0 Å². The van der Waals surface area contributed by atoms with Crippen molar-refractivity contribution in [2.75, 3.05) is 14.1 Å². The van der Waals surface area contributed by atoms with E-state index < -0.39 is 0 Å². The Morgan fingerprint density at radius 3 is 2.50 bits per heavy atom. The molecule has 1 atom stereocenters.